The fourth-order valence-corrected chi connectivity index (χ4v) is 2.19. The Morgan fingerprint density at radius 2 is 2.28 bits per heavy atom. The van der Waals surface area contributed by atoms with E-state index in [0.29, 0.717) is 5.76 Å². The van der Waals surface area contributed by atoms with Gasteiger partial charge in [0.25, 0.3) is 0 Å². The van der Waals surface area contributed by atoms with Crippen molar-refractivity contribution in [2.24, 2.45) is 0 Å². The largest absolute Gasteiger partial charge is 0.479 e. The summed E-state index contributed by atoms with van der Waals surface area (Å²) in [5, 5.41) is 9.19. The first-order chi connectivity index (χ1) is 8.52. The van der Waals surface area contributed by atoms with Crippen molar-refractivity contribution in [3.05, 3.63) is 24.2 Å². The van der Waals surface area contributed by atoms with Crippen LogP contribution in [0.3, 0.4) is 0 Å². The van der Waals surface area contributed by atoms with E-state index in [1.165, 1.54) is 11.2 Å². The van der Waals surface area contributed by atoms with Gasteiger partial charge in [-0.1, -0.05) is 0 Å². The maximum Gasteiger partial charge on any atom is 0.335 e. The summed E-state index contributed by atoms with van der Waals surface area (Å²) in [7, 11) is 0. The summed E-state index contributed by atoms with van der Waals surface area (Å²) in [4.78, 5) is 24.6. The summed E-state index contributed by atoms with van der Waals surface area (Å²) in [6, 6.07) is 2.46. The molecule has 1 aliphatic heterocycles. The number of morpholine rings is 1. The number of ether oxygens (including phenoxy) is 1. The van der Waals surface area contributed by atoms with Gasteiger partial charge >= 0.3 is 5.97 Å². The van der Waals surface area contributed by atoms with Crippen LogP contribution in [-0.2, 0) is 14.3 Å². The molecule has 0 spiro atoms. The van der Waals surface area contributed by atoms with Gasteiger partial charge in [0.05, 0.1) is 6.26 Å². The number of carbonyl (C=O) groups is 2. The minimum atomic E-state index is -1.10. The zero-order chi connectivity index (χ0) is 13.3. The second-order valence-electron chi connectivity index (χ2n) is 4.42. The van der Waals surface area contributed by atoms with Crippen molar-refractivity contribution >= 4 is 11.9 Å². The average molecular weight is 253 g/mol. The van der Waals surface area contributed by atoms with E-state index < -0.39 is 18.1 Å². The van der Waals surface area contributed by atoms with Crippen molar-refractivity contribution in [2.75, 3.05) is 6.61 Å². The monoisotopic (exact) mass is 253 g/mol. The third-order valence-corrected chi connectivity index (χ3v) is 2.90. The molecular weight excluding hydrogens is 238 g/mol. The summed E-state index contributed by atoms with van der Waals surface area (Å²) in [6.45, 7) is 3.45. The van der Waals surface area contributed by atoms with Crippen LogP contribution in [0.25, 0.3) is 0 Å². The molecule has 2 atom stereocenters. The van der Waals surface area contributed by atoms with Crippen molar-refractivity contribution in [1.29, 1.82) is 0 Å². The molecular formula is C12H15NO5. The van der Waals surface area contributed by atoms with Crippen LogP contribution in [-0.4, -0.2) is 40.6 Å². The third kappa shape index (κ3) is 2.11. The molecule has 0 radical (unpaired) electrons. The van der Waals surface area contributed by atoms with Crippen LogP contribution in [0.15, 0.2) is 22.8 Å². The number of carboxylic acid groups (broad SMARTS) is 1. The van der Waals surface area contributed by atoms with E-state index in [1.54, 1.807) is 12.1 Å². The maximum atomic E-state index is 11.9. The van der Waals surface area contributed by atoms with Gasteiger partial charge in [0.1, 0.15) is 18.4 Å². The van der Waals surface area contributed by atoms with Crippen molar-refractivity contribution in [3.63, 3.8) is 0 Å². The highest BCUT2D eigenvalue weighted by Gasteiger charge is 2.44. The number of carboxylic acids is 1. The van der Waals surface area contributed by atoms with Gasteiger partial charge < -0.3 is 19.2 Å². The van der Waals surface area contributed by atoms with E-state index in [1.807, 2.05) is 13.8 Å². The quantitative estimate of drug-likeness (QED) is 0.870. The van der Waals surface area contributed by atoms with Crippen LogP contribution in [0, 0.1) is 0 Å². The van der Waals surface area contributed by atoms with Gasteiger partial charge in [-0.3, -0.25) is 4.79 Å². The summed E-state index contributed by atoms with van der Waals surface area (Å²) < 4.78 is 10.4. The van der Waals surface area contributed by atoms with Crippen LogP contribution < -0.4 is 0 Å². The number of hydrogen-bond acceptors (Lipinski definition) is 4. The Morgan fingerprint density at radius 3 is 2.78 bits per heavy atom. The fraction of sp³-hybridized carbons (Fsp3) is 0.500. The number of furan rings is 1. The lowest BCUT2D eigenvalue weighted by atomic mass is 10.0. The number of rotatable bonds is 3. The molecule has 1 fully saturated rings. The van der Waals surface area contributed by atoms with E-state index in [2.05, 4.69) is 0 Å². The Bertz CT molecular complexity index is 439. The van der Waals surface area contributed by atoms with Gasteiger partial charge in [0.15, 0.2) is 6.10 Å². The summed E-state index contributed by atoms with van der Waals surface area (Å²) in [6.07, 6.45) is 0.350. The first-order valence-electron chi connectivity index (χ1n) is 5.71. The Kier molecular flexibility index (Phi) is 3.38. The molecule has 2 heterocycles. The first kappa shape index (κ1) is 12.6. The van der Waals surface area contributed by atoms with Crippen molar-refractivity contribution in [3.8, 4) is 0 Å². The predicted octanol–water partition coefficient (Wildman–Crippen LogP) is 1.04. The topological polar surface area (TPSA) is 80.0 Å². The van der Waals surface area contributed by atoms with Crippen LogP contribution >= 0.6 is 0 Å². The molecule has 1 saturated heterocycles. The summed E-state index contributed by atoms with van der Waals surface area (Å²) >= 11 is 0. The van der Waals surface area contributed by atoms with E-state index in [9.17, 15) is 14.7 Å². The molecule has 98 valence electrons. The number of amides is 1. The SMILES string of the molecule is CC(C)N1C(=O)COC(C(=O)O)C1c1ccco1. The highest BCUT2D eigenvalue weighted by molar-refractivity contribution is 5.83. The number of carbonyl (C=O) groups excluding carboxylic acids is 1. The maximum absolute atomic E-state index is 11.9. The molecule has 18 heavy (non-hydrogen) atoms. The van der Waals surface area contributed by atoms with Gasteiger partial charge in [-0.05, 0) is 26.0 Å². The van der Waals surface area contributed by atoms with Gasteiger partial charge in [-0.15, -0.1) is 0 Å². The predicted molar refractivity (Wildman–Crippen MR) is 60.8 cm³/mol. The second kappa shape index (κ2) is 4.81. The molecule has 0 bridgehead atoms. The number of hydrogen-bond donors (Lipinski definition) is 1. The van der Waals surface area contributed by atoms with Crippen LogP contribution in [0.5, 0.6) is 0 Å². The lowest BCUT2D eigenvalue weighted by Gasteiger charge is -2.40. The Morgan fingerprint density at radius 1 is 1.56 bits per heavy atom. The molecule has 6 heteroatoms. The van der Waals surface area contributed by atoms with Crippen LogP contribution in [0.1, 0.15) is 25.6 Å². The smallest absolute Gasteiger partial charge is 0.335 e. The van der Waals surface area contributed by atoms with Crippen LogP contribution in [0.4, 0.5) is 0 Å². The molecule has 1 aliphatic rings. The molecule has 1 aromatic rings. The van der Waals surface area contributed by atoms with E-state index in [-0.39, 0.29) is 18.6 Å². The van der Waals surface area contributed by atoms with Gasteiger partial charge in [0.2, 0.25) is 5.91 Å². The lowest BCUT2D eigenvalue weighted by Crippen LogP contribution is -2.54. The highest BCUT2D eigenvalue weighted by atomic mass is 16.5. The average Bonchev–Trinajstić information content (AvgIpc) is 2.80. The molecule has 0 aromatic carbocycles. The summed E-state index contributed by atoms with van der Waals surface area (Å²) in [5.41, 5.74) is 0. The second-order valence-corrected chi connectivity index (χ2v) is 4.42. The van der Waals surface area contributed by atoms with E-state index in [4.69, 9.17) is 9.15 Å². The van der Waals surface area contributed by atoms with E-state index in [0.717, 1.165) is 0 Å². The molecule has 1 N–H and O–H groups in total. The first-order valence-corrected chi connectivity index (χ1v) is 5.71. The number of nitrogens with zero attached hydrogens (tertiary/aromatic N) is 1. The molecule has 2 unspecified atom stereocenters. The standard InChI is InChI=1S/C12H15NO5/c1-7(2)13-9(14)6-18-11(12(15)16)10(13)8-4-3-5-17-8/h3-5,7,10-11H,6H2,1-2H3,(H,15,16). The molecule has 6 nitrogen and oxygen atoms in total. The number of aliphatic carboxylic acids is 1. The minimum absolute atomic E-state index is 0.127. The molecule has 0 aliphatic carbocycles. The highest BCUT2D eigenvalue weighted by Crippen LogP contribution is 2.32. The third-order valence-electron chi connectivity index (χ3n) is 2.90. The Hall–Kier alpha value is -1.82. The van der Waals surface area contributed by atoms with Gasteiger partial charge in [-0.25, -0.2) is 4.79 Å². The molecule has 0 saturated carbocycles. The van der Waals surface area contributed by atoms with Crippen molar-refractivity contribution in [2.45, 2.75) is 32.0 Å². The zero-order valence-corrected chi connectivity index (χ0v) is 10.2. The van der Waals surface area contributed by atoms with Gasteiger partial charge in [0, 0.05) is 6.04 Å². The van der Waals surface area contributed by atoms with Gasteiger partial charge in [-0.2, -0.15) is 0 Å². The lowest BCUT2D eigenvalue weighted by molar-refractivity contribution is -0.176. The minimum Gasteiger partial charge on any atom is -0.479 e. The van der Waals surface area contributed by atoms with Crippen LogP contribution in [0.2, 0.25) is 0 Å². The van der Waals surface area contributed by atoms with E-state index >= 15 is 0 Å². The van der Waals surface area contributed by atoms with Crippen molar-refractivity contribution < 1.29 is 23.8 Å². The summed E-state index contributed by atoms with van der Waals surface area (Å²) in [5.74, 6) is -0.914. The molecule has 1 amide bonds. The fourth-order valence-electron chi connectivity index (χ4n) is 2.19. The molecule has 2 rings (SSSR count). The normalized spacial score (nSPS) is 24.6. The zero-order valence-electron chi connectivity index (χ0n) is 10.2. The Balaban J connectivity index is 2.41. The van der Waals surface area contributed by atoms with Crippen molar-refractivity contribution in [1.82, 2.24) is 4.90 Å². The molecule has 1 aromatic heterocycles. The Labute approximate surface area is 104 Å².